The van der Waals surface area contributed by atoms with Crippen molar-refractivity contribution in [3.05, 3.63) is 21.3 Å². The monoisotopic (exact) mass is 257 g/mol. The summed E-state index contributed by atoms with van der Waals surface area (Å²) in [6.07, 6.45) is 0.685. The summed E-state index contributed by atoms with van der Waals surface area (Å²) in [5.41, 5.74) is 0. The van der Waals surface area contributed by atoms with Crippen molar-refractivity contribution in [2.75, 3.05) is 13.1 Å². The first kappa shape index (κ1) is 12.1. The SMILES string of the molecule is CC1CN(C(C)c2ccc(Cl)s2)CCC1=O. The van der Waals surface area contributed by atoms with Crippen LogP contribution in [0, 0.1) is 5.92 Å². The maximum absolute atomic E-state index is 11.5. The molecule has 1 aliphatic heterocycles. The van der Waals surface area contributed by atoms with Crippen LogP contribution in [-0.4, -0.2) is 23.8 Å². The molecule has 4 heteroatoms. The lowest BCUT2D eigenvalue weighted by Crippen LogP contribution is -2.40. The molecule has 0 saturated carbocycles. The van der Waals surface area contributed by atoms with Crippen molar-refractivity contribution in [1.29, 1.82) is 0 Å². The van der Waals surface area contributed by atoms with E-state index in [9.17, 15) is 4.79 Å². The average molecular weight is 258 g/mol. The summed E-state index contributed by atoms with van der Waals surface area (Å²) >= 11 is 7.57. The maximum atomic E-state index is 11.5. The quantitative estimate of drug-likeness (QED) is 0.810. The van der Waals surface area contributed by atoms with E-state index < -0.39 is 0 Å². The Morgan fingerprint density at radius 3 is 2.88 bits per heavy atom. The summed E-state index contributed by atoms with van der Waals surface area (Å²) in [5.74, 6) is 0.569. The summed E-state index contributed by atoms with van der Waals surface area (Å²) in [6, 6.07) is 4.39. The van der Waals surface area contributed by atoms with Crippen molar-refractivity contribution >= 4 is 28.7 Å². The van der Waals surface area contributed by atoms with Gasteiger partial charge in [0.05, 0.1) is 4.34 Å². The number of halogens is 1. The van der Waals surface area contributed by atoms with Crippen molar-refractivity contribution < 1.29 is 4.79 Å². The van der Waals surface area contributed by atoms with Gasteiger partial charge in [-0.05, 0) is 19.1 Å². The molecule has 1 aromatic heterocycles. The topological polar surface area (TPSA) is 20.3 Å². The molecule has 2 rings (SSSR count). The molecular weight excluding hydrogens is 242 g/mol. The van der Waals surface area contributed by atoms with Crippen molar-refractivity contribution in [1.82, 2.24) is 4.90 Å². The smallest absolute Gasteiger partial charge is 0.138 e. The molecule has 1 aliphatic rings. The minimum atomic E-state index is 0.173. The van der Waals surface area contributed by atoms with E-state index in [2.05, 4.69) is 17.9 Å². The second-order valence-electron chi connectivity index (χ2n) is 4.43. The fourth-order valence-corrected chi connectivity index (χ4v) is 3.28. The molecule has 2 atom stereocenters. The van der Waals surface area contributed by atoms with Gasteiger partial charge in [0.15, 0.2) is 0 Å². The summed E-state index contributed by atoms with van der Waals surface area (Å²) in [6.45, 7) is 5.95. The van der Waals surface area contributed by atoms with Crippen LogP contribution in [0.4, 0.5) is 0 Å². The van der Waals surface area contributed by atoms with Gasteiger partial charge in [-0.2, -0.15) is 0 Å². The molecule has 1 saturated heterocycles. The summed E-state index contributed by atoms with van der Waals surface area (Å²) in [5, 5.41) is 0. The second-order valence-corrected chi connectivity index (χ2v) is 6.18. The maximum Gasteiger partial charge on any atom is 0.138 e. The van der Waals surface area contributed by atoms with Gasteiger partial charge in [-0.3, -0.25) is 9.69 Å². The third kappa shape index (κ3) is 2.47. The first-order valence-corrected chi connectivity index (χ1v) is 6.79. The van der Waals surface area contributed by atoms with Crippen molar-refractivity contribution in [2.24, 2.45) is 5.92 Å². The van der Waals surface area contributed by atoms with E-state index in [0.717, 1.165) is 17.4 Å². The fraction of sp³-hybridized carbons (Fsp3) is 0.583. The minimum absolute atomic E-state index is 0.173. The van der Waals surface area contributed by atoms with Crippen LogP contribution in [0.1, 0.15) is 31.2 Å². The van der Waals surface area contributed by atoms with Gasteiger partial charge in [-0.25, -0.2) is 0 Å². The lowest BCUT2D eigenvalue weighted by atomic mass is 9.97. The molecule has 2 nitrogen and oxygen atoms in total. The number of hydrogen-bond donors (Lipinski definition) is 0. The highest BCUT2D eigenvalue weighted by Gasteiger charge is 2.27. The molecule has 1 fully saturated rings. The number of carbonyl (C=O) groups is 1. The Hall–Kier alpha value is -0.380. The lowest BCUT2D eigenvalue weighted by Gasteiger charge is -2.34. The molecule has 0 aromatic carbocycles. The van der Waals surface area contributed by atoms with E-state index in [0.29, 0.717) is 18.2 Å². The average Bonchev–Trinajstić information content (AvgIpc) is 2.68. The Labute approximate surface area is 105 Å². The highest BCUT2D eigenvalue weighted by Crippen LogP contribution is 2.31. The van der Waals surface area contributed by atoms with Crippen LogP contribution < -0.4 is 0 Å². The number of carbonyl (C=O) groups excluding carboxylic acids is 1. The molecule has 0 N–H and O–H groups in total. The first-order chi connectivity index (χ1) is 7.58. The Kier molecular flexibility index (Phi) is 3.67. The number of nitrogens with zero attached hydrogens (tertiary/aromatic N) is 1. The molecule has 0 spiro atoms. The van der Waals surface area contributed by atoms with E-state index in [1.165, 1.54) is 4.88 Å². The van der Waals surface area contributed by atoms with Gasteiger partial charge in [0.2, 0.25) is 0 Å². The Morgan fingerprint density at radius 1 is 1.56 bits per heavy atom. The molecule has 1 aromatic rings. The van der Waals surface area contributed by atoms with Crippen molar-refractivity contribution in [3.8, 4) is 0 Å². The van der Waals surface area contributed by atoms with Gasteiger partial charge in [0.1, 0.15) is 5.78 Å². The van der Waals surface area contributed by atoms with Crippen LogP contribution in [0.25, 0.3) is 0 Å². The summed E-state index contributed by atoms with van der Waals surface area (Å²) in [4.78, 5) is 15.1. The van der Waals surface area contributed by atoms with E-state index >= 15 is 0 Å². The van der Waals surface area contributed by atoms with Crippen molar-refractivity contribution in [3.63, 3.8) is 0 Å². The van der Waals surface area contributed by atoms with E-state index in [1.807, 2.05) is 13.0 Å². The number of thiophene rings is 1. The Morgan fingerprint density at radius 2 is 2.31 bits per heavy atom. The van der Waals surface area contributed by atoms with Crippen LogP contribution in [0.15, 0.2) is 12.1 Å². The van der Waals surface area contributed by atoms with Crippen molar-refractivity contribution in [2.45, 2.75) is 26.3 Å². The summed E-state index contributed by atoms with van der Waals surface area (Å²) < 4.78 is 0.836. The zero-order valence-corrected chi connectivity index (χ0v) is 11.1. The van der Waals surface area contributed by atoms with Gasteiger partial charge in [-0.1, -0.05) is 18.5 Å². The zero-order chi connectivity index (χ0) is 11.7. The van der Waals surface area contributed by atoms with E-state index in [1.54, 1.807) is 11.3 Å². The first-order valence-electron chi connectivity index (χ1n) is 5.60. The number of ketones is 1. The van der Waals surface area contributed by atoms with Gasteiger partial charge in [0.25, 0.3) is 0 Å². The van der Waals surface area contributed by atoms with Crippen LogP contribution in [0.3, 0.4) is 0 Å². The van der Waals surface area contributed by atoms with E-state index in [4.69, 9.17) is 11.6 Å². The normalized spacial score (nSPS) is 24.7. The van der Waals surface area contributed by atoms with Crippen LogP contribution in [0.5, 0.6) is 0 Å². The number of rotatable bonds is 2. The molecule has 16 heavy (non-hydrogen) atoms. The van der Waals surface area contributed by atoms with E-state index in [-0.39, 0.29) is 5.92 Å². The predicted octanol–water partition coefficient (Wildman–Crippen LogP) is 3.37. The Balaban J connectivity index is 2.05. The highest BCUT2D eigenvalue weighted by molar-refractivity contribution is 7.16. The predicted molar refractivity (Wildman–Crippen MR) is 68.1 cm³/mol. The molecule has 88 valence electrons. The molecule has 2 heterocycles. The minimum Gasteiger partial charge on any atom is -0.299 e. The number of Topliss-reactive ketones (excluding diaryl/α,β-unsaturated/α-hetero) is 1. The second kappa shape index (κ2) is 4.86. The highest BCUT2D eigenvalue weighted by atomic mass is 35.5. The lowest BCUT2D eigenvalue weighted by molar-refractivity contribution is -0.126. The van der Waals surface area contributed by atoms with Gasteiger partial charge in [0, 0.05) is 36.3 Å². The van der Waals surface area contributed by atoms with Gasteiger partial charge >= 0.3 is 0 Å². The van der Waals surface area contributed by atoms with Gasteiger partial charge in [-0.15, -0.1) is 11.3 Å². The molecule has 0 amide bonds. The summed E-state index contributed by atoms with van der Waals surface area (Å²) in [7, 11) is 0. The standard InChI is InChI=1S/C12H16ClNOS/c1-8-7-14(6-5-10(8)15)9(2)11-3-4-12(13)16-11/h3-4,8-9H,5-7H2,1-2H3. The Bertz CT molecular complexity index is 390. The van der Waals surface area contributed by atoms with Crippen LogP contribution in [-0.2, 0) is 4.79 Å². The number of piperidine rings is 1. The third-order valence-electron chi connectivity index (χ3n) is 3.26. The third-order valence-corrected chi connectivity index (χ3v) is 4.66. The number of likely N-dealkylation sites (tertiary alicyclic amines) is 1. The molecule has 0 bridgehead atoms. The molecule has 0 aliphatic carbocycles. The van der Waals surface area contributed by atoms with Crippen LogP contribution >= 0.6 is 22.9 Å². The molecule has 2 unspecified atom stereocenters. The fourth-order valence-electron chi connectivity index (χ4n) is 2.13. The molecule has 0 radical (unpaired) electrons. The largest absolute Gasteiger partial charge is 0.299 e. The number of hydrogen-bond acceptors (Lipinski definition) is 3. The molecular formula is C12H16ClNOS. The zero-order valence-electron chi connectivity index (χ0n) is 9.57. The van der Waals surface area contributed by atoms with Gasteiger partial charge < -0.3 is 0 Å². The van der Waals surface area contributed by atoms with Crippen LogP contribution in [0.2, 0.25) is 4.34 Å².